The van der Waals surface area contributed by atoms with Gasteiger partial charge in [0.25, 0.3) is 5.91 Å². The zero-order chi connectivity index (χ0) is 14.5. The molecule has 106 valence electrons. The van der Waals surface area contributed by atoms with Gasteiger partial charge in [0.15, 0.2) is 0 Å². The van der Waals surface area contributed by atoms with Crippen molar-refractivity contribution in [3.05, 3.63) is 51.7 Å². The monoisotopic (exact) mass is 288 g/mol. The van der Waals surface area contributed by atoms with Crippen LogP contribution in [0.5, 0.6) is 0 Å². The fourth-order valence-electron chi connectivity index (χ4n) is 2.16. The summed E-state index contributed by atoms with van der Waals surface area (Å²) in [5.74, 6) is -0.0328. The highest BCUT2D eigenvalue weighted by Gasteiger charge is 2.17. The Morgan fingerprint density at radius 3 is 2.75 bits per heavy atom. The Balaban J connectivity index is 2.19. The van der Waals surface area contributed by atoms with Crippen molar-refractivity contribution in [2.45, 2.75) is 26.3 Å². The number of hydrogen-bond donors (Lipinski definition) is 2. The van der Waals surface area contributed by atoms with E-state index in [4.69, 9.17) is 0 Å². The van der Waals surface area contributed by atoms with Crippen LogP contribution in [0.2, 0.25) is 0 Å². The summed E-state index contributed by atoms with van der Waals surface area (Å²) in [5, 5.41) is 8.23. The SMILES string of the molecule is CCC(NC(=O)c1ccc(C)cc1NC)c1cccs1. The number of thiophene rings is 1. The van der Waals surface area contributed by atoms with E-state index >= 15 is 0 Å². The molecule has 1 heterocycles. The summed E-state index contributed by atoms with van der Waals surface area (Å²) in [5.41, 5.74) is 2.69. The molecule has 4 heteroatoms. The predicted octanol–water partition coefficient (Wildman–Crippen LogP) is 3.98. The maximum Gasteiger partial charge on any atom is 0.253 e. The number of carbonyl (C=O) groups excluding carboxylic acids is 1. The second-order valence-corrected chi connectivity index (χ2v) is 5.73. The molecular weight excluding hydrogens is 268 g/mol. The Labute approximate surface area is 124 Å². The summed E-state index contributed by atoms with van der Waals surface area (Å²) in [6, 6.07) is 9.97. The highest BCUT2D eigenvalue weighted by atomic mass is 32.1. The van der Waals surface area contributed by atoms with Crippen molar-refractivity contribution < 1.29 is 4.79 Å². The fraction of sp³-hybridized carbons (Fsp3) is 0.312. The highest BCUT2D eigenvalue weighted by molar-refractivity contribution is 7.10. The first-order chi connectivity index (χ1) is 9.65. The van der Waals surface area contributed by atoms with Gasteiger partial charge < -0.3 is 10.6 Å². The highest BCUT2D eigenvalue weighted by Crippen LogP contribution is 2.23. The molecule has 0 aliphatic rings. The molecule has 0 radical (unpaired) electrons. The average molecular weight is 288 g/mol. The normalized spacial score (nSPS) is 11.9. The quantitative estimate of drug-likeness (QED) is 0.873. The molecule has 20 heavy (non-hydrogen) atoms. The predicted molar refractivity (Wildman–Crippen MR) is 85.5 cm³/mol. The molecule has 2 N–H and O–H groups in total. The van der Waals surface area contributed by atoms with Gasteiger partial charge in [0.1, 0.15) is 0 Å². The first-order valence-corrected chi connectivity index (χ1v) is 7.66. The molecule has 1 aromatic carbocycles. The Morgan fingerprint density at radius 2 is 2.15 bits per heavy atom. The largest absolute Gasteiger partial charge is 0.387 e. The molecule has 1 amide bonds. The van der Waals surface area contributed by atoms with Gasteiger partial charge in [0, 0.05) is 17.6 Å². The molecule has 2 rings (SSSR count). The molecule has 3 nitrogen and oxygen atoms in total. The van der Waals surface area contributed by atoms with Gasteiger partial charge in [-0.25, -0.2) is 0 Å². The van der Waals surface area contributed by atoms with E-state index in [1.54, 1.807) is 11.3 Å². The number of benzene rings is 1. The molecule has 0 fully saturated rings. The van der Waals surface area contributed by atoms with Crippen molar-refractivity contribution in [2.75, 3.05) is 12.4 Å². The molecular formula is C16H20N2OS. The van der Waals surface area contributed by atoms with E-state index in [-0.39, 0.29) is 11.9 Å². The Kier molecular flexibility index (Phi) is 4.79. The molecule has 1 unspecified atom stereocenters. The van der Waals surface area contributed by atoms with Crippen LogP contribution in [0.1, 0.15) is 40.2 Å². The lowest BCUT2D eigenvalue weighted by Gasteiger charge is -2.17. The van der Waals surface area contributed by atoms with Crippen molar-refractivity contribution in [3.8, 4) is 0 Å². The van der Waals surface area contributed by atoms with Gasteiger partial charge in [-0.2, -0.15) is 0 Å². The van der Waals surface area contributed by atoms with E-state index < -0.39 is 0 Å². The standard InChI is InChI=1S/C16H20N2OS/c1-4-13(15-6-5-9-20-15)18-16(19)12-8-7-11(2)10-14(12)17-3/h5-10,13,17H,4H2,1-3H3,(H,18,19). The lowest BCUT2D eigenvalue weighted by Crippen LogP contribution is -2.28. The van der Waals surface area contributed by atoms with Crippen LogP contribution in [0.4, 0.5) is 5.69 Å². The maximum absolute atomic E-state index is 12.5. The van der Waals surface area contributed by atoms with Crippen LogP contribution in [-0.4, -0.2) is 13.0 Å². The summed E-state index contributed by atoms with van der Waals surface area (Å²) < 4.78 is 0. The number of hydrogen-bond acceptors (Lipinski definition) is 3. The Morgan fingerprint density at radius 1 is 1.35 bits per heavy atom. The number of carbonyl (C=O) groups is 1. The second-order valence-electron chi connectivity index (χ2n) is 4.75. The lowest BCUT2D eigenvalue weighted by atomic mass is 10.1. The van der Waals surface area contributed by atoms with Gasteiger partial charge >= 0.3 is 0 Å². The smallest absolute Gasteiger partial charge is 0.253 e. The van der Waals surface area contributed by atoms with Gasteiger partial charge in [-0.1, -0.05) is 19.1 Å². The summed E-state index contributed by atoms with van der Waals surface area (Å²) >= 11 is 1.67. The van der Waals surface area contributed by atoms with Gasteiger partial charge in [-0.15, -0.1) is 11.3 Å². The molecule has 0 bridgehead atoms. The topological polar surface area (TPSA) is 41.1 Å². The van der Waals surface area contributed by atoms with Gasteiger partial charge in [-0.05, 0) is 42.5 Å². The first kappa shape index (κ1) is 14.6. The van der Waals surface area contributed by atoms with E-state index in [2.05, 4.69) is 23.6 Å². The van der Waals surface area contributed by atoms with Crippen molar-refractivity contribution in [3.63, 3.8) is 0 Å². The van der Waals surface area contributed by atoms with Crippen LogP contribution in [0.3, 0.4) is 0 Å². The van der Waals surface area contributed by atoms with Crippen molar-refractivity contribution in [1.29, 1.82) is 0 Å². The van der Waals surface area contributed by atoms with Crippen LogP contribution in [0.15, 0.2) is 35.7 Å². The van der Waals surface area contributed by atoms with E-state index in [1.165, 1.54) is 4.88 Å². The minimum atomic E-state index is -0.0328. The van der Waals surface area contributed by atoms with Gasteiger partial charge in [0.05, 0.1) is 11.6 Å². The third-order valence-corrected chi connectivity index (χ3v) is 4.28. The maximum atomic E-state index is 12.5. The number of rotatable bonds is 5. The molecule has 0 spiro atoms. The average Bonchev–Trinajstić information content (AvgIpc) is 2.98. The van der Waals surface area contributed by atoms with Crippen LogP contribution in [0.25, 0.3) is 0 Å². The van der Waals surface area contributed by atoms with Crippen LogP contribution < -0.4 is 10.6 Å². The van der Waals surface area contributed by atoms with Crippen LogP contribution >= 0.6 is 11.3 Å². The molecule has 1 aromatic heterocycles. The van der Waals surface area contributed by atoms with E-state index in [0.717, 1.165) is 17.7 Å². The molecule has 0 aliphatic heterocycles. The van der Waals surface area contributed by atoms with Crippen molar-refractivity contribution in [1.82, 2.24) is 5.32 Å². The third kappa shape index (κ3) is 3.20. The number of amides is 1. The summed E-state index contributed by atoms with van der Waals surface area (Å²) in [4.78, 5) is 13.6. The molecule has 0 aliphatic carbocycles. The van der Waals surface area contributed by atoms with Crippen LogP contribution in [-0.2, 0) is 0 Å². The van der Waals surface area contributed by atoms with Crippen molar-refractivity contribution >= 4 is 22.9 Å². The molecule has 0 saturated carbocycles. The molecule has 1 atom stereocenters. The third-order valence-electron chi connectivity index (χ3n) is 3.29. The van der Waals surface area contributed by atoms with E-state index in [9.17, 15) is 4.79 Å². The van der Waals surface area contributed by atoms with E-state index in [0.29, 0.717) is 5.56 Å². The summed E-state index contributed by atoms with van der Waals surface area (Å²) in [7, 11) is 1.84. The van der Waals surface area contributed by atoms with Crippen LogP contribution in [0, 0.1) is 6.92 Å². The van der Waals surface area contributed by atoms with Gasteiger partial charge in [0.2, 0.25) is 0 Å². The Bertz CT molecular complexity index is 578. The molecule has 2 aromatic rings. The van der Waals surface area contributed by atoms with Crippen molar-refractivity contribution in [2.24, 2.45) is 0 Å². The number of aryl methyl sites for hydroxylation is 1. The minimum absolute atomic E-state index is 0.0328. The van der Waals surface area contributed by atoms with Gasteiger partial charge in [-0.3, -0.25) is 4.79 Å². The summed E-state index contributed by atoms with van der Waals surface area (Å²) in [6.45, 7) is 4.10. The number of anilines is 1. The lowest BCUT2D eigenvalue weighted by molar-refractivity contribution is 0.0937. The fourth-order valence-corrected chi connectivity index (χ4v) is 3.02. The zero-order valence-corrected chi connectivity index (χ0v) is 12.9. The Hall–Kier alpha value is -1.81. The first-order valence-electron chi connectivity index (χ1n) is 6.78. The minimum Gasteiger partial charge on any atom is -0.387 e. The molecule has 0 saturated heterocycles. The van der Waals surface area contributed by atoms with E-state index in [1.807, 2.05) is 43.6 Å². The summed E-state index contributed by atoms with van der Waals surface area (Å²) in [6.07, 6.45) is 0.882. The zero-order valence-electron chi connectivity index (χ0n) is 12.1. The second kappa shape index (κ2) is 6.57. The number of nitrogens with one attached hydrogen (secondary N) is 2.